The Balaban J connectivity index is 2.03. The van der Waals surface area contributed by atoms with Crippen LogP contribution in [0.1, 0.15) is 0 Å². The van der Waals surface area contributed by atoms with E-state index in [1.807, 2.05) is 0 Å². The molecule has 90 valence electrons. The molecule has 0 aliphatic carbocycles. The molecule has 0 bridgehead atoms. The summed E-state index contributed by atoms with van der Waals surface area (Å²) in [6, 6.07) is 4.70. The normalized spacial score (nSPS) is 10.7. The molecule has 18 heavy (non-hydrogen) atoms. The lowest BCUT2D eigenvalue weighted by Gasteiger charge is -1.98. The fourth-order valence-corrected chi connectivity index (χ4v) is 2.16. The number of aromatic hydroxyl groups is 1. The number of hydrogen-bond acceptors (Lipinski definition) is 6. The molecule has 0 aliphatic rings. The smallest absolute Gasteiger partial charge is 0.262 e. The van der Waals surface area contributed by atoms with Crippen LogP contribution < -0.4 is 0 Å². The van der Waals surface area contributed by atoms with Crippen molar-refractivity contribution in [2.45, 2.75) is 0 Å². The predicted octanol–water partition coefficient (Wildman–Crippen LogP) is 3.22. The molecule has 7 heteroatoms. The quantitative estimate of drug-likeness (QED) is 0.780. The van der Waals surface area contributed by atoms with Crippen molar-refractivity contribution in [2.75, 3.05) is 0 Å². The third-order valence-corrected chi connectivity index (χ3v) is 3.27. The van der Waals surface area contributed by atoms with E-state index >= 15 is 0 Å². The summed E-state index contributed by atoms with van der Waals surface area (Å²) < 4.78 is 5.11. The van der Waals surface area contributed by atoms with Gasteiger partial charge in [0.05, 0.1) is 16.0 Å². The van der Waals surface area contributed by atoms with Gasteiger partial charge in [0.1, 0.15) is 5.75 Å². The minimum absolute atomic E-state index is 0.00186. The second-order valence-corrected chi connectivity index (χ2v) is 4.77. The monoisotopic (exact) mass is 279 g/mol. The van der Waals surface area contributed by atoms with Gasteiger partial charge in [-0.15, -0.1) is 11.3 Å². The predicted molar refractivity (Wildman–Crippen MR) is 67.5 cm³/mol. The molecule has 0 saturated carbocycles. The Morgan fingerprint density at radius 3 is 2.94 bits per heavy atom. The summed E-state index contributed by atoms with van der Waals surface area (Å²) in [7, 11) is 0. The Kier molecular flexibility index (Phi) is 2.73. The van der Waals surface area contributed by atoms with Gasteiger partial charge in [-0.3, -0.25) is 4.98 Å². The first kappa shape index (κ1) is 11.2. The zero-order chi connectivity index (χ0) is 12.5. The molecule has 0 unspecified atom stereocenters. The highest BCUT2D eigenvalue weighted by molar-refractivity contribution is 7.13. The zero-order valence-electron chi connectivity index (χ0n) is 8.87. The summed E-state index contributed by atoms with van der Waals surface area (Å²) in [5.41, 5.74) is 2.13. The van der Waals surface area contributed by atoms with Crippen molar-refractivity contribution in [1.29, 1.82) is 0 Å². The standard InChI is InChI=1S/C11H6ClN3O2S/c12-6-1-2-7(8(16)3-6)11-14-10(15-17-11)9-4-13-5-18-9/h1-5,16H. The van der Waals surface area contributed by atoms with Gasteiger partial charge in [-0.2, -0.15) is 4.98 Å². The Morgan fingerprint density at radius 2 is 2.22 bits per heavy atom. The molecular formula is C11H6ClN3O2S. The molecule has 0 fully saturated rings. The van der Waals surface area contributed by atoms with Crippen LogP contribution in [-0.2, 0) is 0 Å². The lowest BCUT2D eigenvalue weighted by Crippen LogP contribution is -1.80. The van der Waals surface area contributed by atoms with E-state index in [2.05, 4.69) is 15.1 Å². The molecule has 3 rings (SSSR count). The van der Waals surface area contributed by atoms with Gasteiger partial charge in [0.25, 0.3) is 5.89 Å². The topological polar surface area (TPSA) is 72.0 Å². The summed E-state index contributed by atoms with van der Waals surface area (Å²) in [6.45, 7) is 0. The third kappa shape index (κ3) is 1.96. The number of halogens is 1. The van der Waals surface area contributed by atoms with Crippen LogP contribution in [0.5, 0.6) is 5.75 Å². The molecule has 0 spiro atoms. The number of hydrogen-bond donors (Lipinski definition) is 1. The fraction of sp³-hybridized carbons (Fsp3) is 0. The van der Waals surface area contributed by atoms with Crippen LogP contribution in [0.3, 0.4) is 0 Å². The minimum Gasteiger partial charge on any atom is -0.507 e. The Hall–Kier alpha value is -1.92. The fourth-order valence-electron chi connectivity index (χ4n) is 1.44. The van der Waals surface area contributed by atoms with E-state index in [1.165, 1.54) is 17.4 Å². The minimum atomic E-state index is 0.00186. The maximum Gasteiger partial charge on any atom is 0.262 e. The highest BCUT2D eigenvalue weighted by Gasteiger charge is 2.14. The Morgan fingerprint density at radius 1 is 1.33 bits per heavy atom. The second kappa shape index (κ2) is 4.40. The van der Waals surface area contributed by atoms with E-state index in [-0.39, 0.29) is 11.6 Å². The zero-order valence-corrected chi connectivity index (χ0v) is 10.4. The molecule has 0 amide bonds. The van der Waals surface area contributed by atoms with Gasteiger partial charge in [-0.25, -0.2) is 0 Å². The molecule has 0 aliphatic heterocycles. The molecule has 1 N–H and O–H groups in total. The molecule has 0 atom stereocenters. The van der Waals surface area contributed by atoms with Gasteiger partial charge in [-0.05, 0) is 18.2 Å². The van der Waals surface area contributed by atoms with E-state index in [9.17, 15) is 5.11 Å². The Labute approximate surface area is 111 Å². The average molecular weight is 280 g/mol. The van der Waals surface area contributed by atoms with E-state index in [4.69, 9.17) is 16.1 Å². The van der Waals surface area contributed by atoms with Gasteiger partial charge in [0, 0.05) is 11.2 Å². The van der Waals surface area contributed by atoms with Crippen molar-refractivity contribution < 1.29 is 9.63 Å². The van der Waals surface area contributed by atoms with Crippen LogP contribution in [0.15, 0.2) is 34.4 Å². The van der Waals surface area contributed by atoms with Crippen LogP contribution in [0, 0.1) is 0 Å². The highest BCUT2D eigenvalue weighted by Crippen LogP contribution is 2.31. The van der Waals surface area contributed by atoms with Gasteiger partial charge in [0.2, 0.25) is 5.82 Å². The van der Waals surface area contributed by atoms with E-state index in [0.717, 1.165) is 4.88 Å². The molecule has 0 radical (unpaired) electrons. The molecular weight excluding hydrogens is 274 g/mol. The molecule has 2 heterocycles. The maximum atomic E-state index is 9.76. The summed E-state index contributed by atoms with van der Waals surface area (Å²) in [5.74, 6) is 0.691. The lowest BCUT2D eigenvalue weighted by atomic mass is 10.2. The summed E-state index contributed by atoms with van der Waals surface area (Å²) >= 11 is 7.17. The van der Waals surface area contributed by atoms with Crippen LogP contribution in [0.4, 0.5) is 0 Å². The summed E-state index contributed by atoms with van der Waals surface area (Å²) in [6.07, 6.45) is 1.65. The van der Waals surface area contributed by atoms with Crippen molar-refractivity contribution in [1.82, 2.24) is 15.1 Å². The highest BCUT2D eigenvalue weighted by atomic mass is 35.5. The molecule has 2 aromatic heterocycles. The Bertz CT molecular complexity index is 681. The number of phenols is 1. The first-order valence-corrected chi connectivity index (χ1v) is 6.21. The van der Waals surface area contributed by atoms with Crippen LogP contribution in [0.25, 0.3) is 22.2 Å². The van der Waals surface area contributed by atoms with Crippen LogP contribution in [-0.4, -0.2) is 20.2 Å². The number of aromatic nitrogens is 3. The van der Waals surface area contributed by atoms with Crippen molar-refractivity contribution in [3.05, 3.63) is 34.9 Å². The number of thiazole rings is 1. The van der Waals surface area contributed by atoms with Crippen LogP contribution in [0.2, 0.25) is 5.02 Å². The third-order valence-electron chi connectivity index (χ3n) is 2.27. The van der Waals surface area contributed by atoms with Crippen molar-refractivity contribution in [3.8, 4) is 27.9 Å². The lowest BCUT2D eigenvalue weighted by molar-refractivity contribution is 0.426. The molecule has 5 nitrogen and oxygen atoms in total. The van der Waals surface area contributed by atoms with E-state index in [0.29, 0.717) is 16.4 Å². The molecule has 1 aromatic carbocycles. The molecule has 3 aromatic rings. The first-order chi connectivity index (χ1) is 8.74. The van der Waals surface area contributed by atoms with Crippen molar-refractivity contribution in [3.63, 3.8) is 0 Å². The summed E-state index contributed by atoms with van der Waals surface area (Å²) in [5, 5.41) is 14.0. The van der Waals surface area contributed by atoms with Gasteiger partial charge >= 0.3 is 0 Å². The maximum absolute atomic E-state index is 9.76. The van der Waals surface area contributed by atoms with E-state index in [1.54, 1.807) is 23.8 Å². The van der Waals surface area contributed by atoms with E-state index < -0.39 is 0 Å². The number of phenolic OH excluding ortho intramolecular Hbond substituents is 1. The van der Waals surface area contributed by atoms with Crippen molar-refractivity contribution in [2.24, 2.45) is 0 Å². The van der Waals surface area contributed by atoms with Gasteiger partial charge in [-0.1, -0.05) is 16.8 Å². The number of rotatable bonds is 2. The molecule has 0 saturated heterocycles. The summed E-state index contributed by atoms with van der Waals surface area (Å²) in [4.78, 5) is 8.95. The number of benzene rings is 1. The van der Waals surface area contributed by atoms with Crippen molar-refractivity contribution >= 4 is 22.9 Å². The largest absolute Gasteiger partial charge is 0.507 e. The average Bonchev–Trinajstić information content (AvgIpc) is 2.99. The van der Waals surface area contributed by atoms with Crippen LogP contribution >= 0.6 is 22.9 Å². The van der Waals surface area contributed by atoms with Gasteiger partial charge < -0.3 is 9.63 Å². The van der Waals surface area contributed by atoms with Gasteiger partial charge in [0.15, 0.2) is 0 Å². The second-order valence-electron chi connectivity index (χ2n) is 3.45. The first-order valence-electron chi connectivity index (χ1n) is 4.95. The number of nitrogens with zero attached hydrogens (tertiary/aromatic N) is 3. The SMILES string of the molecule is Oc1cc(Cl)ccc1-c1nc(-c2cncs2)no1.